The molecule has 9 heteroatoms. The third-order valence-electron chi connectivity index (χ3n) is 4.64. The zero-order chi connectivity index (χ0) is 20.4. The predicted molar refractivity (Wildman–Crippen MR) is 103 cm³/mol. The lowest BCUT2D eigenvalue weighted by atomic mass is 10.1. The molecule has 3 aromatic rings. The summed E-state index contributed by atoms with van der Waals surface area (Å²) < 4.78 is 15.0. The van der Waals surface area contributed by atoms with E-state index in [2.05, 4.69) is 10.4 Å². The Balaban J connectivity index is 1.39. The third kappa shape index (κ3) is 3.79. The maximum Gasteiger partial charge on any atom is 0.354 e. The molecular formula is C20H18FN5O3. The van der Waals surface area contributed by atoms with Crippen LogP contribution in [0.4, 0.5) is 14.9 Å². The van der Waals surface area contributed by atoms with Gasteiger partial charge in [-0.3, -0.25) is 9.69 Å². The highest BCUT2D eigenvalue weighted by atomic mass is 19.1. The van der Waals surface area contributed by atoms with Gasteiger partial charge in [0.15, 0.2) is 5.82 Å². The van der Waals surface area contributed by atoms with Crippen molar-refractivity contribution in [2.45, 2.75) is 19.5 Å². The van der Waals surface area contributed by atoms with Crippen LogP contribution in [0.2, 0.25) is 0 Å². The molecule has 2 heterocycles. The van der Waals surface area contributed by atoms with E-state index in [4.69, 9.17) is 0 Å². The van der Waals surface area contributed by atoms with Gasteiger partial charge < -0.3 is 5.32 Å². The highest BCUT2D eigenvalue weighted by molar-refractivity contribution is 5.96. The van der Waals surface area contributed by atoms with E-state index in [9.17, 15) is 18.8 Å². The highest BCUT2D eigenvalue weighted by Gasteiger charge is 2.33. The Morgan fingerprint density at radius 2 is 1.79 bits per heavy atom. The Labute approximate surface area is 165 Å². The van der Waals surface area contributed by atoms with Gasteiger partial charge in [0.25, 0.3) is 0 Å². The smallest absolute Gasteiger partial charge is 0.354 e. The standard InChI is InChI=1S/C20H18FN5O3/c21-15-6-8-16(9-7-15)24-12-17-23-25(20(29)26(17)19(24)28)13-18(27)22-11-10-14-4-2-1-3-5-14/h1-9H,10-13H2,(H,22,27). The monoisotopic (exact) mass is 395 g/mol. The molecule has 0 aliphatic carbocycles. The number of aromatic nitrogens is 3. The van der Waals surface area contributed by atoms with Gasteiger partial charge in [-0.05, 0) is 36.2 Å². The Bertz CT molecular complexity index is 1110. The number of carbonyl (C=O) groups is 2. The topological polar surface area (TPSA) is 89.2 Å². The molecule has 8 nitrogen and oxygen atoms in total. The number of benzene rings is 2. The highest BCUT2D eigenvalue weighted by Crippen LogP contribution is 2.22. The third-order valence-corrected chi connectivity index (χ3v) is 4.64. The van der Waals surface area contributed by atoms with Crippen LogP contribution in [0, 0.1) is 5.82 Å². The molecule has 0 spiro atoms. The van der Waals surface area contributed by atoms with Crippen molar-refractivity contribution in [3.05, 3.63) is 82.3 Å². The molecule has 0 atom stereocenters. The van der Waals surface area contributed by atoms with E-state index in [0.717, 1.165) is 14.8 Å². The first-order valence-electron chi connectivity index (χ1n) is 9.10. The zero-order valence-electron chi connectivity index (χ0n) is 15.4. The van der Waals surface area contributed by atoms with Crippen molar-refractivity contribution in [1.29, 1.82) is 0 Å². The first-order valence-corrected chi connectivity index (χ1v) is 9.10. The quantitative estimate of drug-likeness (QED) is 0.686. The Morgan fingerprint density at radius 3 is 2.48 bits per heavy atom. The number of hydrogen-bond donors (Lipinski definition) is 1. The summed E-state index contributed by atoms with van der Waals surface area (Å²) in [5, 5.41) is 6.85. The number of hydrogen-bond acceptors (Lipinski definition) is 4. The van der Waals surface area contributed by atoms with Crippen molar-refractivity contribution in [3.63, 3.8) is 0 Å². The molecule has 2 aromatic carbocycles. The van der Waals surface area contributed by atoms with Crippen molar-refractivity contribution < 1.29 is 14.0 Å². The summed E-state index contributed by atoms with van der Waals surface area (Å²) in [6, 6.07) is 14.5. The number of amides is 2. The number of carbonyl (C=O) groups excluding carboxylic acids is 2. The molecule has 148 valence electrons. The van der Waals surface area contributed by atoms with Crippen LogP contribution in [0.15, 0.2) is 59.4 Å². The molecule has 0 bridgehead atoms. The lowest BCUT2D eigenvalue weighted by Crippen LogP contribution is -2.38. The van der Waals surface area contributed by atoms with Crippen molar-refractivity contribution in [2.75, 3.05) is 11.4 Å². The lowest BCUT2D eigenvalue weighted by molar-refractivity contribution is -0.121. The molecule has 1 aliphatic heterocycles. The van der Waals surface area contributed by atoms with Crippen molar-refractivity contribution in [1.82, 2.24) is 19.7 Å². The molecule has 0 unspecified atom stereocenters. The van der Waals surface area contributed by atoms with E-state index in [1.807, 2.05) is 30.3 Å². The minimum Gasteiger partial charge on any atom is -0.354 e. The largest absolute Gasteiger partial charge is 0.354 e. The molecule has 0 saturated heterocycles. The minimum atomic E-state index is -0.673. The fourth-order valence-electron chi connectivity index (χ4n) is 3.19. The molecule has 4 rings (SSSR count). The number of fused-ring (bicyclic) bond motifs is 1. The maximum absolute atomic E-state index is 13.1. The van der Waals surface area contributed by atoms with Gasteiger partial charge in [-0.25, -0.2) is 18.7 Å². The molecule has 0 radical (unpaired) electrons. The summed E-state index contributed by atoms with van der Waals surface area (Å²) in [5.41, 5.74) is 0.886. The Kier molecular flexibility index (Phi) is 4.94. The number of rotatable bonds is 6. The molecule has 0 saturated carbocycles. The van der Waals surface area contributed by atoms with Crippen LogP contribution in [-0.2, 0) is 24.3 Å². The van der Waals surface area contributed by atoms with Gasteiger partial charge in [-0.15, -0.1) is 0 Å². The lowest BCUT2D eigenvalue weighted by Gasteiger charge is -2.14. The van der Waals surface area contributed by atoms with Crippen LogP contribution >= 0.6 is 0 Å². The van der Waals surface area contributed by atoms with Crippen LogP contribution in [0.5, 0.6) is 0 Å². The van der Waals surface area contributed by atoms with Gasteiger partial charge in [-0.2, -0.15) is 9.67 Å². The van der Waals surface area contributed by atoms with E-state index >= 15 is 0 Å². The summed E-state index contributed by atoms with van der Waals surface area (Å²) in [5.74, 6) is -0.539. The fraction of sp³-hybridized carbons (Fsp3) is 0.200. The van der Waals surface area contributed by atoms with Crippen LogP contribution in [0.3, 0.4) is 0 Å². The Hall–Kier alpha value is -3.75. The number of halogens is 1. The summed E-state index contributed by atoms with van der Waals surface area (Å²) in [7, 11) is 0. The SMILES string of the molecule is O=C(Cn1nc2n(c1=O)C(=O)N(c1ccc(F)cc1)C2)NCCc1ccccc1. The van der Waals surface area contributed by atoms with Gasteiger partial charge in [0.1, 0.15) is 12.4 Å². The number of nitrogens with zero attached hydrogens (tertiary/aromatic N) is 4. The molecule has 1 aliphatic rings. The van der Waals surface area contributed by atoms with Crippen molar-refractivity contribution in [2.24, 2.45) is 0 Å². The zero-order valence-corrected chi connectivity index (χ0v) is 15.4. The van der Waals surface area contributed by atoms with Crippen LogP contribution in [0.1, 0.15) is 11.4 Å². The maximum atomic E-state index is 13.1. The average molecular weight is 395 g/mol. The van der Waals surface area contributed by atoms with Gasteiger partial charge >= 0.3 is 11.7 Å². The summed E-state index contributed by atoms with van der Waals surface area (Å²) >= 11 is 0. The van der Waals surface area contributed by atoms with Gasteiger partial charge in [-0.1, -0.05) is 30.3 Å². The van der Waals surface area contributed by atoms with Gasteiger partial charge in [0.05, 0.1) is 6.54 Å². The first kappa shape index (κ1) is 18.6. The summed E-state index contributed by atoms with van der Waals surface area (Å²) in [6.07, 6.45) is 0.673. The van der Waals surface area contributed by atoms with Gasteiger partial charge in [0, 0.05) is 12.2 Å². The van der Waals surface area contributed by atoms with E-state index in [-0.39, 0.29) is 24.8 Å². The molecule has 1 N–H and O–H groups in total. The molecule has 29 heavy (non-hydrogen) atoms. The predicted octanol–water partition coefficient (Wildman–Crippen LogP) is 1.53. The van der Waals surface area contributed by atoms with Crippen LogP contribution in [0.25, 0.3) is 0 Å². The second-order valence-corrected chi connectivity index (χ2v) is 6.62. The normalized spacial score (nSPS) is 12.9. The van der Waals surface area contributed by atoms with E-state index < -0.39 is 17.5 Å². The van der Waals surface area contributed by atoms with E-state index in [0.29, 0.717) is 18.7 Å². The fourth-order valence-corrected chi connectivity index (χ4v) is 3.19. The molecule has 1 aromatic heterocycles. The number of nitrogens with one attached hydrogen (secondary N) is 1. The van der Waals surface area contributed by atoms with Crippen LogP contribution in [-0.4, -0.2) is 32.8 Å². The first-order chi connectivity index (χ1) is 14.0. The average Bonchev–Trinajstić information content (AvgIpc) is 3.20. The molecular weight excluding hydrogens is 377 g/mol. The summed E-state index contributed by atoms with van der Waals surface area (Å²) in [4.78, 5) is 38.5. The van der Waals surface area contributed by atoms with E-state index in [1.165, 1.54) is 29.2 Å². The Morgan fingerprint density at radius 1 is 1.07 bits per heavy atom. The van der Waals surface area contributed by atoms with Gasteiger partial charge in [0.2, 0.25) is 5.91 Å². The second kappa shape index (κ2) is 7.70. The molecule has 2 amide bonds. The van der Waals surface area contributed by atoms with Crippen LogP contribution < -0.4 is 15.9 Å². The van der Waals surface area contributed by atoms with Crippen molar-refractivity contribution >= 4 is 17.6 Å². The van der Waals surface area contributed by atoms with E-state index in [1.54, 1.807) is 0 Å². The van der Waals surface area contributed by atoms with Crippen molar-refractivity contribution in [3.8, 4) is 0 Å². The summed E-state index contributed by atoms with van der Waals surface area (Å²) in [6.45, 7) is 0.238. The molecule has 0 fully saturated rings. The minimum absolute atomic E-state index is 0.0718. The number of anilines is 1. The second-order valence-electron chi connectivity index (χ2n) is 6.62.